The van der Waals surface area contributed by atoms with Crippen LogP contribution in [-0.4, -0.2) is 53.0 Å². The van der Waals surface area contributed by atoms with Gasteiger partial charge in [0.2, 0.25) is 5.91 Å². The van der Waals surface area contributed by atoms with Crippen molar-refractivity contribution in [3.63, 3.8) is 0 Å². The molecule has 1 aromatic heterocycles. The Labute approximate surface area is 267 Å². The summed E-state index contributed by atoms with van der Waals surface area (Å²) >= 11 is 0. The van der Waals surface area contributed by atoms with Crippen LogP contribution in [0.3, 0.4) is 0 Å². The fourth-order valence-electron chi connectivity index (χ4n) is 4.94. The van der Waals surface area contributed by atoms with Crippen molar-refractivity contribution >= 4 is 11.8 Å². The first-order chi connectivity index (χ1) is 22.2. The van der Waals surface area contributed by atoms with Crippen LogP contribution in [0.5, 0.6) is 0 Å². The number of rotatable bonds is 13. The lowest BCUT2D eigenvalue weighted by Crippen LogP contribution is -2.43. The quantitative estimate of drug-likeness (QED) is 0.111. The molecule has 0 saturated heterocycles. The van der Waals surface area contributed by atoms with Gasteiger partial charge in [-0.2, -0.15) is 26.3 Å². The molecule has 4 aromatic rings. The smallest absolute Gasteiger partial charge is 0.385 e. The zero-order valence-corrected chi connectivity index (χ0v) is 25.3. The summed E-state index contributed by atoms with van der Waals surface area (Å²) < 4.78 is 102. The van der Waals surface area contributed by atoms with E-state index in [1.165, 1.54) is 24.1 Å². The van der Waals surface area contributed by atoms with Crippen molar-refractivity contribution in [3.05, 3.63) is 130 Å². The maximum absolute atomic E-state index is 13.9. The van der Waals surface area contributed by atoms with E-state index in [-0.39, 0.29) is 44.5 Å². The number of amides is 2. The zero-order chi connectivity index (χ0) is 34.2. The summed E-state index contributed by atoms with van der Waals surface area (Å²) in [6.07, 6.45) is -8.35. The van der Waals surface area contributed by atoms with E-state index in [1.807, 2.05) is 4.57 Å². The second-order valence-electron chi connectivity index (χ2n) is 10.9. The minimum atomic E-state index is -5.15. The summed E-state index contributed by atoms with van der Waals surface area (Å²) in [5.41, 5.74) is -1.86. The summed E-state index contributed by atoms with van der Waals surface area (Å²) in [6.45, 7) is -0.136. The van der Waals surface area contributed by atoms with Gasteiger partial charge in [-0.05, 0) is 60.0 Å². The van der Waals surface area contributed by atoms with Gasteiger partial charge in [-0.15, -0.1) is 0 Å². The fraction of sp³-hybridized carbons (Fsp3) is 0.294. The average molecular weight is 664 g/mol. The molecule has 0 N–H and O–H groups in total. The Balaban J connectivity index is 1.65. The predicted molar refractivity (Wildman–Crippen MR) is 159 cm³/mol. The molecule has 6 nitrogen and oxygen atoms in total. The minimum Gasteiger partial charge on any atom is -0.385 e. The predicted octanol–water partition coefficient (Wildman–Crippen LogP) is 7.42. The van der Waals surface area contributed by atoms with Gasteiger partial charge in [0.25, 0.3) is 5.91 Å². The van der Waals surface area contributed by atoms with E-state index in [0.717, 1.165) is 16.0 Å². The molecule has 0 radical (unpaired) electrons. The van der Waals surface area contributed by atoms with E-state index in [2.05, 4.69) is 0 Å². The lowest BCUT2D eigenvalue weighted by atomic mass is 10.0. The lowest BCUT2D eigenvalue weighted by Gasteiger charge is -2.29. The van der Waals surface area contributed by atoms with Crippen molar-refractivity contribution in [1.82, 2.24) is 14.4 Å². The number of benzene rings is 3. The van der Waals surface area contributed by atoms with Crippen molar-refractivity contribution in [3.8, 4) is 0 Å². The van der Waals surface area contributed by atoms with Gasteiger partial charge in [0.05, 0.1) is 17.7 Å². The van der Waals surface area contributed by atoms with Crippen LogP contribution < -0.4 is 0 Å². The summed E-state index contributed by atoms with van der Waals surface area (Å²) in [5, 5.41) is 0. The molecule has 0 aliphatic heterocycles. The van der Waals surface area contributed by atoms with Gasteiger partial charge < -0.3 is 19.1 Å². The Bertz CT molecular complexity index is 1600. The second-order valence-corrected chi connectivity index (χ2v) is 10.9. The third-order valence-electron chi connectivity index (χ3n) is 7.34. The first kappa shape index (κ1) is 35.2. The largest absolute Gasteiger partial charge is 0.416 e. The number of aromatic nitrogens is 1. The Morgan fingerprint density at radius 1 is 0.766 bits per heavy atom. The Morgan fingerprint density at radius 3 is 2.00 bits per heavy atom. The highest BCUT2D eigenvalue weighted by atomic mass is 19.4. The molecule has 0 unspecified atom stereocenters. The number of methoxy groups -OCH3 is 1. The highest BCUT2D eigenvalue weighted by molar-refractivity contribution is 5.97. The molecule has 0 aliphatic rings. The monoisotopic (exact) mass is 663 g/mol. The van der Waals surface area contributed by atoms with E-state index in [4.69, 9.17) is 4.74 Å². The highest BCUT2D eigenvalue weighted by Gasteiger charge is 2.38. The molecule has 4 rings (SSSR count). The average Bonchev–Trinajstić information content (AvgIpc) is 3.46. The molecule has 0 fully saturated rings. The minimum absolute atomic E-state index is 0.0557. The third kappa shape index (κ3) is 9.92. The number of alkyl halides is 6. The van der Waals surface area contributed by atoms with E-state index >= 15 is 0 Å². The van der Waals surface area contributed by atoms with Crippen molar-refractivity contribution in [2.24, 2.45) is 0 Å². The van der Waals surface area contributed by atoms with Crippen molar-refractivity contribution < 1.29 is 45.1 Å². The molecule has 0 bridgehead atoms. The number of ether oxygens (including phenoxy) is 1. The fourth-order valence-corrected chi connectivity index (χ4v) is 4.94. The van der Waals surface area contributed by atoms with Gasteiger partial charge in [-0.25, -0.2) is 4.39 Å². The number of carbonyl (C=O) groups is 2. The van der Waals surface area contributed by atoms with Crippen LogP contribution in [0.2, 0.25) is 0 Å². The second kappa shape index (κ2) is 15.3. The van der Waals surface area contributed by atoms with Crippen LogP contribution >= 0.6 is 0 Å². The van der Waals surface area contributed by atoms with Crippen LogP contribution in [0.4, 0.5) is 30.7 Å². The van der Waals surface area contributed by atoms with Gasteiger partial charge in [-0.1, -0.05) is 42.5 Å². The van der Waals surface area contributed by atoms with Crippen LogP contribution in [0.15, 0.2) is 91.1 Å². The number of halogens is 7. The van der Waals surface area contributed by atoms with E-state index < -0.39 is 47.4 Å². The van der Waals surface area contributed by atoms with Gasteiger partial charge in [0, 0.05) is 50.8 Å². The molecule has 3 aromatic carbocycles. The lowest BCUT2D eigenvalue weighted by molar-refractivity contribution is -0.143. The summed E-state index contributed by atoms with van der Waals surface area (Å²) in [5.74, 6) is -2.13. The maximum Gasteiger partial charge on any atom is 0.416 e. The summed E-state index contributed by atoms with van der Waals surface area (Å²) in [7, 11) is 1.39. The Hall–Kier alpha value is -4.65. The maximum atomic E-state index is 13.9. The first-order valence-electron chi connectivity index (χ1n) is 14.5. The number of carbonyl (C=O) groups excluding carboxylic acids is 2. The van der Waals surface area contributed by atoms with Crippen molar-refractivity contribution in [2.75, 3.05) is 26.8 Å². The van der Waals surface area contributed by atoms with Gasteiger partial charge >= 0.3 is 12.4 Å². The van der Waals surface area contributed by atoms with Gasteiger partial charge in [-0.3, -0.25) is 9.59 Å². The molecule has 13 heteroatoms. The molecule has 0 spiro atoms. The molecule has 47 heavy (non-hydrogen) atoms. The molecule has 250 valence electrons. The Kier molecular flexibility index (Phi) is 11.5. The van der Waals surface area contributed by atoms with E-state index in [1.54, 1.807) is 60.8 Å². The highest BCUT2D eigenvalue weighted by Crippen LogP contribution is 2.36. The summed E-state index contributed by atoms with van der Waals surface area (Å²) in [6, 6.07) is 19.1. The molecule has 2 amide bonds. The van der Waals surface area contributed by atoms with Crippen LogP contribution in [0, 0.1) is 5.82 Å². The standard InChI is InChI=1S/C34H32F7N3O3/c1-47-16-6-15-43(32(46)26-17-27(33(36,37)38)19-28(18-26)34(39,40)41)23-31(45)44(21-24-7-3-2-4-8-24)22-30-9-5-14-42(30)20-25-10-12-29(35)13-11-25/h2-5,7-14,17-19H,6,15-16,20-23H2,1H3. The third-order valence-corrected chi connectivity index (χ3v) is 7.34. The normalized spacial score (nSPS) is 11.8. The van der Waals surface area contributed by atoms with Crippen molar-refractivity contribution in [2.45, 2.75) is 38.4 Å². The SMILES string of the molecule is COCCCN(CC(=O)N(Cc1ccccc1)Cc1cccn1Cc1ccc(F)cc1)C(=O)c1cc(C(F)(F)F)cc(C(F)(F)F)c1. The van der Waals surface area contributed by atoms with Crippen LogP contribution in [-0.2, 0) is 41.5 Å². The van der Waals surface area contributed by atoms with Gasteiger partial charge in [0.1, 0.15) is 12.4 Å². The van der Waals surface area contributed by atoms with E-state index in [0.29, 0.717) is 24.4 Å². The first-order valence-corrected chi connectivity index (χ1v) is 14.5. The molecule has 1 heterocycles. The number of hydrogen-bond donors (Lipinski definition) is 0. The Morgan fingerprint density at radius 2 is 1.40 bits per heavy atom. The molecule has 0 saturated carbocycles. The molecule has 0 atom stereocenters. The summed E-state index contributed by atoms with van der Waals surface area (Å²) in [4.78, 5) is 29.9. The van der Waals surface area contributed by atoms with Crippen LogP contribution in [0.1, 0.15) is 44.7 Å². The zero-order valence-electron chi connectivity index (χ0n) is 25.3. The molecular weight excluding hydrogens is 631 g/mol. The number of nitrogens with zero attached hydrogens (tertiary/aromatic N) is 3. The van der Waals surface area contributed by atoms with Gasteiger partial charge in [0.15, 0.2) is 0 Å². The molecular formula is C34H32F7N3O3. The van der Waals surface area contributed by atoms with Crippen LogP contribution in [0.25, 0.3) is 0 Å². The van der Waals surface area contributed by atoms with Crippen molar-refractivity contribution in [1.29, 1.82) is 0 Å². The topological polar surface area (TPSA) is 54.8 Å². The van der Waals surface area contributed by atoms with E-state index in [9.17, 15) is 40.3 Å². The number of hydrogen-bond acceptors (Lipinski definition) is 3. The molecule has 0 aliphatic carbocycles.